The van der Waals surface area contributed by atoms with E-state index >= 15 is 0 Å². The smallest absolute Gasteiger partial charge is 0.0991 e. The SMILES string of the molecule is C=C(Br)CNCCN(Cc1cncn1C)c1ccc(C#N)cc1. The molecule has 0 aliphatic heterocycles. The van der Waals surface area contributed by atoms with E-state index in [1.54, 1.807) is 6.33 Å². The van der Waals surface area contributed by atoms with Crippen LogP contribution in [0.3, 0.4) is 0 Å². The molecule has 120 valence electrons. The van der Waals surface area contributed by atoms with Gasteiger partial charge in [0.05, 0.1) is 30.2 Å². The monoisotopic (exact) mass is 373 g/mol. The molecular weight excluding hydrogens is 354 g/mol. The topological polar surface area (TPSA) is 56.9 Å². The number of rotatable bonds is 8. The zero-order valence-corrected chi connectivity index (χ0v) is 14.8. The van der Waals surface area contributed by atoms with Gasteiger partial charge < -0.3 is 14.8 Å². The average Bonchev–Trinajstić information content (AvgIpc) is 2.95. The third-order valence-electron chi connectivity index (χ3n) is 3.51. The molecule has 1 aromatic heterocycles. The van der Waals surface area contributed by atoms with E-state index in [4.69, 9.17) is 5.26 Å². The Bertz CT molecular complexity index is 684. The minimum atomic E-state index is 0.669. The zero-order valence-electron chi connectivity index (χ0n) is 13.2. The lowest BCUT2D eigenvalue weighted by Crippen LogP contribution is -2.32. The molecule has 6 heteroatoms. The van der Waals surface area contributed by atoms with Gasteiger partial charge in [-0.15, -0.1) is 0 Å². The maximum atomic E-state index is 8.94. The van der Waals surface area contributed by atoms with Crippen LogP contribution in [0, 0.1) is 11.3 Å². The molecule has 0 atom stereocenters. The number of aromatic nitrogens is 2. The fourth-order valence-electron chi connectivity index (χ4n) is 2.22. The number of benzene rings is 1. The van der Waals surface area contributed by atoms with E-state index < -0.39 is 0 Å². The van der Waals surface area contributed by atoms with Crippen molar-refractivity contribution < 1.29 is 0 Å². The molecule has 0 amide bonds. The molecule has 23 heavy (non-hydrogen) atoms. The van der Waals surface area contributed by atoms with Crippen molar-refractivity contribution in [1.29, 1.82) is 5.26 Å². The van der Waals surface area contributed by atoms with Crippen molar-refractivity contribution in [2.45, 2.75) is 6.54 Å². The van der Waals surface area contributed by atoms with Gasteiger partial charge in [0.2, 0.25) is 0 Å². The highest BCUT2D eigenvalue weighted by atomic mass is 79.9. The molecule has 1 aromatic carbocycles. The van der Waals surface area contributed by atoms with Crippen LogP contribution in [0.1, 0.15) is 11.3 Å². The minimum Gasteiger partial charge on any atom is -0.364 e. The van der Waals surface area contributed by atoms with Gasteiger partial charge in [0.25, 0.3) is 0 Å². The van der Waals surface area contributed by atoms with E-state index in [9.17, 15) is 0 Å². The molecule has 0 radical (unpaired) electrons. The van der Waals surface area contributed by atoms with Crippen LogP contribution in [0.15, 0.2) is 47.9 Å². The number of nitrogens with one attached hydrogen (secondary N) is 1. The number of halogens is 1. The quantitative estimate of drug-likeness (QED) is 0.722. The normalized spacial score (nSPS) is 10.3. The van der Waals surface area contributed by atoms with Gasteiger partial charge in [-0.3, -0.25) is 0 Å². The Balaban J connectivity index is 2.08. The molecule has 0 unspecified atom stereocenters. The largest absolute Gasteiger partial charge is 0.364 e. The van der Waals surface area contributed by atoms with Crippen molar-refractivity contribution in [2.75, 3.05) is 24.5 Å². The molecule has 0 aliphatic rings. The Hall–Kier alpha value is -2.10. The van der Waals surface area contributed by atoms with Crippen LogP contribution in [-0.4, -0.2) is 29.2 Å². The molecule has 0 aliphatic carbocycles. The molecule has 0 spiro atoms. The average molecular weight is 374 g/mol. The van der Waals surface area contributed by atoms with Gasteiger partial charge in [-0.25, -0.2) is 4.98 Å². The van der Waals surface area contributed by atoms with Crippen LogP contribution < -0.4 is 10.2 Å². The molecule has 1 heterocycles. The highest BCUT2D eigenvalue weighted by molar-refractivity contribution is 9.11. The molecule has 2 rings (SSSR count). The predicted octanol–water partition coefficient (Wildman–Crippen LogP) is 2.80. The number of aryl methyl sites for hydroxylation is 1. The Labute approximate surface area is 145 Å². The molecule has 0 saturated carbocycles. The van der Waals surface area contributed by atoms with Crippen molar-refractivity contribution in [3.05, 3.63) is 59.1 Å². The first-order valence-electron chi connectivity index (χ1n) is 7.34. The second-order valence-corrected chi connectivity index (χ2v) is 6.39. The van der Waals surface area contributed by atoms with E-state index in [2.05, 4.69) is 43.8 Å². The summed E-state index contributed by atoms with van der Waals surface area (Å²) in [6, 6.07) is 9.81. The number of nitriles is 1. The number of nitrogens with zero attached hydrogens (tertiary/aromatic N) is 4. The summed E-state index contributed by atoms with van der Waals surface area (Å²) in [6.45, 7) is 7.01. The van der Waals surface area contributed by atoms with Gasteiger partial charge >= 0.3 is 0 Å². The van der Waals surface area contributed by atoms with Gasteiger partial charge in [0, 0.05) is 43.0 Å². The van der Waals surface area contributed by atoms with Gasteiger partial charge in [-0.1, -0.05) is 22.5 Å². The first-order chi connectivity index (χ1) is 11.1. The third kappa shape index (κ3) is 5.23. The minimum absolute atomic E-state index is 0.669. The Morgan fingerprint density at radius 3 is 2.74 bits per heavy atom. The molecular formula is C17H20BrN5. The summed E-state index contributed by atoms with van der Waals surface area (Å²) in [4.78, 5) is 6.44. The summed E-state index contributed by atoms with van der Waals surface area (Å²) in [5, 5.41) is 12.3. The van der Waals surface area contributed by atoms with Crippen LogP contribution in [0.25, 0.3) is 0 Å². The van der Waals surface area contributed by atoms with Crippen molar-refractivity contribution in [2.24, 2.45) is 7.05 Å². The fourth-order valence-corrected chi connectivity index (χ4v) is 2.42. The van der Waals surface area contributed by atoms with E-state index in [0.717, 1.165) is 42.0 Å². The van der Waals surface area contributed by atoms with Crippen molar-refractivity contribution >= 4 is 21.6 Å². The van der Waals surface area contributed by atoms with E-state index in [0.29, 0.717) is 5.56 Å². The lowest BCUT2D eigenvalue weighted by atomic mass is 10.2. The standard InChI is InChI=1S/C17H20BrN5/c1-14(18)10-20-7-8-23(12-17-11-21-13-22(17)2)16-5-3-15(9-19)4-6-16/h3-6,11,13,20H,1,7-8,10,12H2,2H3. The van der Waals surface area contributed by atoms with Crippen LogP contribution >= 0.6 is 15.9 Å². The number of anilines is 1. The summed E-state index contributed by atoms with van der Waals surface area (Å²) < 4.78 is 2.96. The molecule has 5 nitrogen and oxygen atoms in total. The van der Waals surface area contributed by atoms with Crippen LogP contribution in [0.4, 0.5) is 5.69 Å². The number of hydrogen-bond donors (Lipinski definition) is 1. The van der Waals surface area contributed by atoms with Crippen LogP contribution in [0.5, 0.6) is 0 Å². The second kappa shape index (κ2) is 8.51. The molecule has 0 saturated heterocycles. The first-order valence-corrected chi connectivity index (χ1v) is 8.13. The van der Waals surface area contributed by atoms with Gasteiger partial charge in [-0.05, 0) is 24.3 Å². The summed E-state index contributed by atoms with van der Waals surface area (Å²) in [7, 11) is 1.99. The van der Waals surface area contributed by atoms with Gasteiger partial charge in [0.15, 0.2) is 0 Å². The molecule has 2 aromatic rings. The van der Waals surface area contributed by atoms with Gasteiger partial charge in [-0.2, -0.15) is 5.26 Å². The van der Waals surface area contributed by atoms with E-state index in [1.807, 2.05) is 42.1 Å². The lowest BCUT2D eigenvalue weighted by Gasteiger charge is -2.25. The van der Waals surface area contributed by atoms with E-state index in [-0.39, 0.29) is 0 Å². The summed E-state index contributed by atoms with van der Waals surface area (Å²) in [5.41, 5.74) is 2.90. The maximum absolute atomic E-state index is 8.94. The first kappa shape index (κ1) is 17.3. The highest BCUT2D eigenvalue weighted by Crippen LogP contribution is 2.17. The summed E-state index contributed by atoms with van der Waals surface area (Å²) >= 11 is 3.35. The number of imidazole rings is 1. The van der Waals surface area contributed by atoms with Crippen LogP contribution in [0.2, 0.25) is 0 Å². The molecule has 0 bridgehead atoms. The fraction of sp³-hybridized carbons (Fsp3) is 0.294. The Morgan fingerprint density at radius 1 is 1.43 bits per heavy atom. The maximum Gasteiger partial charge on any atom is 0.0991 e. The highest BCUT2D eigenvalue weighted by Gasteiger charge is 2.10. The zero-order chi connectivity index (χ0) is 16.7. The predicted molar refractivity (Wildman–Crippen MR) is 96.4 cm³/mol. The van der Waals surface area contributed by atoms with Crippen molar-refractivity contribution in [3.8, 4) is 6.07 Å². The third-order valence-corrected chi connectivity index (χ3v) is 3.79. The second-order valence-electron chi connectivity index (χ2n) is 5.27. The lowest BCUT2D eigenvalue weighted by molar-refractivity contribution is 0.677. The Morgan fingerprint density at radius 2 is 2.17 bits per heavy atom. The molecule has 1 N–H and O–H groups in total. The van der Waals surface area contributed by atoms with Crippen molar-refractivity contribution in [1.82, 2.24) is 14.9 Å². The van der Waals surface area contributed by atoms with Crippen molar-refractivity contribution in [3.63, 3.8) is 0 Å². The Kier molecular flexibility index (Phi) is 6.39. The summed E-state index contributed by atoms with van der Waals surface area (Å²) in [6.07, 6.45) is 3.68. The van der Waals surface area contributed by atoms with E-state index in [1.165, 1.54) is 0 Å². The summed E-state index contributed by atoms with van der Waals surface area (Å²) in [5.74, 6) is 0. The van der Waals surface area contributed by atoms with Gasteiger partial charge in [0.1, 0.15) is 0 Å². The number of hydrogen-bond acceptors (Lipinski definition) is 4. The molecule has 0 fully saturated rings. The van der Waals surface area contributed by atoms with Crippen LogP contribution in [-0.2, 0) is 13.6 Å².